The Labute approximate surface area is 168 Å². The molecular weight excluding hydrogens is 413 g/mol. The highest BCUT2D eigenvalue weighted by molar-refractivity contribution is 7.89. The summed E-state index contributed by atoms with van der Waals surface area (Å²) in [5.74, 6) is -1.74. The first-order valence-corrected chi connectivity index (χ1v) is 9.51. The fraction of sp³-hybridized carbons (Fsp3) is 0.294. The summed E-state index contributed by atoms with van der Waals surface area (Å²) >= 11 is 0. The van der Waals surface area contributed by atoms with Gasteiger partial charge in [-0.3, -0.25) is 10.1 Å². The van der Waals surface area contributed by atoms with Gasteiger partial charge in [0.2, 0.25) is 15.8 Å². The molecule has 0 saturated heterocycles. The number of hydrogen-bond donors (Lipinski definition) is 1. The fourth-order valence-corrected chi connectivity index (χ4v) is 4.07. The maximum absolute atomic E-state index is 14.2. The molecule has 0 aliphatic carbocycles. The molecule has 0 bridgehead atoms. The minimum atomic E-state index is -4.18. The number of hydrogen-bond acceptors (Lipinski definition) is 6. The second kappa shape index (κ2) is 10.3. The Morgan fingerprint density at radius 3 is 2.39 bits per heavy atom. The second-order valence-corrected chi connectivity index (χ2v) is 7.58. The van der Waals surface area contributed by atoms with E-state index in [1.165, 1.54) is 0 Å². The van der Waals surface area contributed by atoms with Crippen molar-refractivity contribution in [3.63, 3.8) is 0 Å². The monoisotopic (exact) mass is 433 g/mol. The number of nitro groups is 1. The summed E-state index contributed by atoms with van der Waals surface area (Å²) in [6.07, 6.45) is 0.417. The molecule has 0 spiro atoms. The van der Waals surface area contributed by atoms with Gasteiger partial charge < -0.3 is 10.5 Å². The Balaban J connectivity index is 0.00000392. The molecule has 0 amide bonds. The molecule has 0 aromatic heterocycles. The lowest BCUT2D eigenvalue weighted by molar-refractivity contribution is -0.386. The summed E-state index contributed by atoms with van der Waals surface area (Å²) < 4.78 is 45.7. The van der Waals surface area contributed by atoms with E-state index in [4.69, 9.17) is 5.73 Å². The van der Waals surface area contributed by atoms with Gasteiger partial charge in [-0.25, -0.2) is 12.8 Å². The summed E-state index contributed by atoms with van der Waals surface area (Å²) in [7, 11) is -3.11. The van der Waals surface area contributed by atoms with Gasteiger partial charge in [0.05, 0.1) is 16.9 Å². The lowest BCUT2D eigenvalue weighted by Crippen LogP contribution is -2.37. The third-order valence-corrected chi connectivity index (χ3v) is 5.78. The van der Waals surface area contributed by atoms with Crippen LogP contribution in [0, 0.1) is 15.9 Å². The van der Waals surface area contributed by atoms with Crippen LogP contribution in [0.15, 0.2) is 47.4 Å². The number of ether oxygens (including phenoxy) is 1. The predicted molar refractivity (Wildman–Crippen MR) is 105 cm³/mol. The Morgan fingerprint density at radius 2 is 1.86 bits per heavy atom. The standard InChI is InChI=1S/C17H20FN3O5S.ClH/c1-26-17-15(18)11-14(12-16(17)21(22)23)27(24,25)20(10-8-19)9-7-13-5-3-2-4-6-13;/h2-6,11-12H,7-10,19H2,1H3;1H. The van der Waals surface area contributed by atoms with Crippen LogP contribution in [0.2, 0.25) is 0 Å². The number of halogens is 2. The zero-order chi connectivity index (χ0) is 20.0. The van der Waals surface area contributed by atoms with Gasteiger partial charge in [0.1, 0.15) is 0 Å². The van der Waals surface area contributed by atoms with Gasteiger partial charge in [0, 0.05) is 25.7 Å². The van der Waals surface area contributed by atoms with Crippen molar-refractivity contribution in [1.82, 2.24) is 4.31 Å². The van der Waals surface area contributed by atoms with Crippen molar-refractivity contribution < 1.29 is 22.5 Å². The summed E-state index contributed by atoms with van der Waals surface area (Å²) in [5.41, 5.74) is 5.68. The van der Waals surface area contributed by atoms with Crippen molar-refractivity contribution >= 4 is 28.1 Å². The Hall–Kier alpha value is -2.27. The molecule has 0 atom stereocenters. The first kappa shape index (κ1) is 23.8. The predicted octanol–water partition coefficient (Wildman–Crippen LogP) is 2.36. The number of sulfonamides is 1. The van der Waals surface area contributed by atoms with Crippen LogP contribution in [-0.4, -0.2) is 44.4 Å². The first-order chi connectivity index (χ1) is 12.8. The molecule has 0 fully saturated rings. The summed E-state index contributed by atoms with van der Waals surface area (Å²) in [4.78, 5) is 9.74. The molecule has 154 valence electrons. The SMILES string of the molecule is COc1c(F)cc(S(=O)(=O)N(CCN)CCc2ccccc2)cc1[N+](=O)[O-].Cl. The molecule has 2 N–H and O–H groups in total. The molecule has 0 aliphatic rings. The zero-order valence-corrected chi connectivity index (χ0v) is 16.7. The minimum absolute atomic E-state index is 0. The molecule has 28 heavy (non-hydrogen) atoms. The number of rotatable bonds is 9. The normalized spacial score (nSPS) is 11.1. The van der Waals surface area contributed by atoms with Gasteiger partial charge >= 0.3 is 5.69 Å². The van der Waals surface area contributed by atoms with Crippen molar-refractivity contribution in [2.75, 3.05) is 26.7 Å². The maximum atomic E-state index is 14.2. The van der Waals surface area contributed by atoms with Crippen LogP contribution in [0.25, 0.3) is 0 Å². The Bertz CT molecular complexity index is 913. The molecular formula is C17H21ClFN3O5S. The quantitative estimate of drug-likeness (QED) is 0.479. The lowest BCUT2D eigenvalue weighted by atomic mass is 10.1. The van der Waals surface area contributed by atoms with E-state index in [1.54, 1.807) is 0 Å². The van der Waals surface area contributed by atoms with Crippen molar-refractivity contribution in [3.8, 4) is 5.75 Å². The molecule has 2 aromatic rings. The van der Waals surface area contributed by atoms with Crippen LogP contribution in [0.5, 0.6) is 5.75 Å². The van der Waals surface area contributed by atoms with E-state index in [9.17, 15) is 22.9 Å². The highest BCUT2D eigenvalue weighted by Gasteiger charge is 2.30. The first-order valence-electron chi connectivity index (χ1n) is 8.07. The van der Waals surface area contributed by atoms with Crippen LogP contribution in [0.4, 0.5) is 10.1 Å². The Kier molecular flexibility index (Phi) is 8.76. The van der Waals surface area contributed by atoms with E-state index in [0.29, 0.717) is 12.5 Å². The van der Waals surface area contributed by atoms with Crippen molar-refractivity contribution in [2.24, 2.45) is 5.73 Å². The fourth-order valence-electron chi connectivity index (χ4n) is 2.59. The van der Waals surface area contributed by atoms with Crippen LogP contribution in [0.1, 0.15) is 5.56 Å². The average Bonchev–Trinajstić information content (AvgIpc) is 2.65. The van der Waals surface area contributed by atoms with Gasteiger partial charge in [-0.2, -0.15) is 4.31 Å². The average molecular weight is 434 g/mol. The molecule has 2 aromatic carbocycles. The van der Waals surface area contributed by atoms with Crippen LogP contribution >= 0.6 is 12.4 Å². The van der Waals surface area contributed by atoms with Crippen LogP contribution < -0.4 is 10.5 Å². The highest BCUT2D eigenvalue weighted by Crippen LogP contribution is 2.33. The molecule has 11 heteroatoms. The molecule has 8 nitrogen and oxygen atoms in total. The lowest BCUT2D eigenvalue weighted by Gasteiger charge is -2.22. The molecule has 2 rings (SSSR count). The van der Waals surface area contributed by atoms with E-state index in [1.807, 2.05) is 30.3 Å². The molecule has 0 radical (unpaired) electrons. The third-order valence-electron chi connectivity index (χ3n) is 3.91. The summed E-state index contributed by atoms with van der Waals surface area (Å²) in [6, 6.07) is 10.7. The summed E-state index contributed by atoms with van der Waals surface area (Å²) in [6.45, 7) is 0.149. The number of methoxy groups -OCH3 is 1. The number of nitrogens with zero attached hydrogens (tertiary/aromatic N) is 2. The van der Waals surface area contributed by atoms with E-state index in [-0.39, 0.29) is 32.0 Å². The van der Waals surface area contributed by atoms with E-state index in [0.717, 1.165) is 23.0 Å². The van der Waals surface area contributed by atoms with Gasteiger partial charge in [-0.1, -0.05) is 30.3 Å². The largest absolute Gasteiger partial charge is 0.488 e. The van der Waals surface area contributed by atoms with E-state index < -0.39 is 37.1 Å². The van der Waals surface area contributed by atoms with Gasteiger partial charge in [0.25, 0.3) is 0 Å². The smallest absolute Gasteiger partial charge is 0.315 e. The molecule has 0 unspecified atom stereocenters. The van der Waals surface area contributed by atoms with Crippen molar-refractivity contribution in [2.45, 2.75) is 11.3 Å². The van der Waals surface area contributed by atoms with Crippen molar-refractivity contribution in [1.29, 1.82) is 0 Å². The van der Waals surface area contributed by atoms with Crippen molar-refractivity contribution in [3.05, 3.63) is 64.0 Å². The topological polar surface area (TPSA) is 116 Å². The van der Waals surface area contributed by atoms with Gasteiger partial charge in [-0.05, 0) is 18.1 Å². The second-order valence-electron chi connectivity index (χ2n) is 5.64. The van der Waals surface area contributed by atoms with Gasteiger partial charge in [0.15, 0.2) is 5.82 Å². The maximum Gasteiger partial charge on any atom is 0.315 e. The molecule has 0 saturated carbocycles. The Morgan fingerprint density at radius 1 is 1.21 bits per heavy atom. The van der Waals surface area contributed by atoms with E-state index in [2.05, 4.69) is 4.74 Å². The van der Waals surface area contributed by atoms with Gasteiger partial charge in [-0.15, -0.1) is 12.4 Å². The van der Waals surface area contributed by atoms with Crippen LogP contribution in [-0.2, 0) is 16.4 Å². The number of benzene rings is 2. The van der Waals surface area contributed by atoms with E-state index >= 15 is 0 Å². The minimum Gasteiger partial charge on any atom is -0.488 e. The number of nitro benzene ring substituents is 1. The zero-order valence-electron chi connectivity index (χ0n) is 15.1. The number of nitrogens with two attached hydrogens (primary N) is 1. The third kappa shape index (κ3) is 5.38. The van der Waals surface area contributed by atoms with Crippen LogP contribution in [0.3, 0.4) is 0 Å². The molecule has 0 heterocycles. The highest BCUT2D eigenvalue weighted by atomic mass is 35.5. The summed E-state index contributed by atoms with van der Waals surface area (Å²) in [5, 5.41) is 11.1. The molecule has 0 aliphatic heterocycles.